The minimum Gasteiger partial charge on any atom is -0.358 e. The Bertz CT molecular complexity index is 103. The van der Waals surface area contributed by atoms with Crippen LogP contribution < -0.4 is 0 Å². The third kappa shape index (κ3) is 47.7. The Labute approximate surface area is 120 Å². The van der Waals surface area contributed by atoms with Crippen LogP contribution in [0.2, 0.25) is 6.32 Å². The normalized spacial score (nSPS) is 7.56. The third-order valence-electron chi connectivity index (χ3n) is 0.958. The minimum atomic E-state index is 0. The summed E-state index contributed by atoms with van der Waals surface area (Å²) in [4.78, 5) is 0. The van der Waals surface area contributed by atoms with E-state index in [2.05, 4.69) is 12.2 Å². The van der Waals surface area contributed by atoms with E-state index in [1.54, 1.807) is 7.06 Å². The molecule has 1 aliphatic carbocycles. The second kappa shape index (κ2) is 45.6. The molecule has 88 valence electrons. The molecule has 0 aromatic heterocycles. The fourth-order valence-electron chi connectivity index (χ4n) is 0.476. The van der Waals surface area contributed by atoms with Crippen LogP contribution in [-0.4, -0.2) is 22.0 Å². The molecule has 0 spiro atoms. The van der Waals surface area contributed by atoms with Crippen LogP contribution in [0.15, 0.2) is 18.2 Å². The van der Waals surface area contributed by atoms with Gasteiger partial charge < -0.3 is 37.1 Å². The Kier molecular flexibility index (Phi) is 126. The van der Waals surface area contributed by atoms with E-state index >= 15 is 0 Å². The molecule has 1 rings (SSSR count). The number of rotatable bonds is 2. The average Bonchev–Trinajstić information content (AvgIpc) is 2.44. The fraction of sp³-hybridized carbons (Fsp3) is 0.250. The molecule has 0 heterocycles. The van der Waals surface area contributed by atoms with E-state index in [9.17, 15) is 0 Å². The van der Waals surface area contributed by atoms with Crippen molar-refractivity contribution in [2.24, 2.45) is 0 Å². The second-order valence-corrected chi connectivity index (χ2v) is 1.84. The molecular formula is C12H25B3Cr. The van der Waals surface area contributed by atoms with E-state index in [4.69, 9.17) is 7.74 Å². The smallest absolute Gasteiger partial charge is 0.358 e. The maximum Gasteiger partial charge on any atom is 6.00 e. The first-order chi connectivity index (χ1) is 4.91. The van der Waals surface area contributed by atoms with Crippen LogP contribution in [0.1, 0.15) is 13.3 Å². The van der Waals surface area contributed by atoms with Crippen LogP contribution in [0.4, 0.5) is 0 Å². The van der Waals surface area contributed by atoms with Gasteiger partial charge in [-0.25, -0.2) is 12.2 Å². The molecule has 0 bridgehead atoms. The first-order valence-electron chi connectivity index (χ1n) is 3.50. The molecule has 0 N–H and O–H groups in total. The summed E-state index contributed by atoms with van der Waals surface area (Å²) in [6, 6.07) is 0. The van der Waals surface area contributed by atoms with Gasteiger partial charge in [0.25, 0.3) is 0 Å². The van der Waals surface area contributed by atoms with Crippen molar-refractivity contribution in [1.82, 2.24) is 0 Å². The molecule has 0 aliphatic heterocycles. The SMILES string of the molecule is [B][B][B]CC.[C-]1=CC=CC1.[CH3-].[CH3-].[CH3-].[CH3-].[CH3-].[Cr+6]. The van der Waals surface area contributed by atoms with Crippen molar-refractivity contribution in [3.8, 4) is 0 Å². The standard InChI is InChI=1S/C5H5.C2H5B3.5CH3.Cr/c1-2-4-5-3-1;1-2-4-5-3;;;;;;/h1-3H,4H2;2H2,1H3;5*1H3;/q-1;;5*-1;+6. The summed E-state index contributed by atoms with van der Waals surface area (Å²) in [7, 11) is 8.42. The quantitative estimate of drug-likeness (QED) is 0.523. The van der Waals surface area contributed by atoms with Crippen molar-refractivity contribution in [3.63, 3.8) is 0 Å². The Balaban J connectivity index is -0.0000000147. The third-order valence-corrected chi connectivity index (χ3v) is 0.958. The van der Waals surface area contributed by atoms with Crippen molar-refractivity contribution < 1.29 is 17.4 Å². The molecule has 4 heteroatoms. The summed E-state index contributed by atoms with van der Waals surface area (Å²) in [6.45, 7) is 2.04. The Morgan fingerprint density at radius 2 is 1.69 bits per heavy atom. The van der Waals surface area contributed by atoms with Crippen molar-refractivity contribution in [2.75, 3.05) is 0 Å². The number of hydrogen-bond acceptors (Lipinski definition) is 0. The Morgan fingerprint density at radius 3 is 1.75 bits per heavy atom. The summed E-state index contributed by atoms with van der Waals surface area (Å²) in [5.74, 6) is 0. The molecule has 0 aromatic carbocycles. The molecule has 1 aliphatic rings. The van der Waals surface area contributed by atoms with E-state index in [1.807, 2.05) is 26.2 Å². The molecule has 0 amide bonds. The van der Waals surface area contributed by atoms with Crippen molar-refractivity contribution in [2.45, 2.75) is 19.7 Å². The van der Waals surface area contributed by atoms with Gasteiger partial charge in [-0.05, 0) is 0 Å². The fourth-order valence-corrected chi connectivity index (χ4v) is 0.476. The molecule has 0 aromatic rings. The molecular weight excluding hydrogens is 229 g/mol. The molecule has 16 heavy (non-hydrogen) atoms. The van der Waals surface area contributed by atoms with Crippen LogP contribution in [0.3, 0.4) is 0 Å². The van der Waals surface area contributed by atoms with Gasteiger partial charge in [-0.3, -0.25) is 6.08 Å². The second-order valence-electron chi connectivity index (χ2n) is 1.84. The Morgan fingerprint density at radius 1 is 1.19 bits per heavy atom. The van der Waals surface area contributed by atoms with Crippen LogP contribution in [0, 0.1) is 43.2 Å². The molecule has 0 nitrogen and oxygen atoms in total. The van der Waals surface area contributed by atoms with Crippen molar-refractivity contribution >= 4 is 22.0 Å². The molecule has 0 fully saturated rings. The van der Waals surface area contributed by atoms with Crippen LogP contribution in [0.5, 0.6) is 0 Å². The van der Waals surface area contributed by atoms with Gasteiger partial charge in [-0.2, -0.15) is 6.08 Å². The van der Waals surface area contributed by atoms with Crippen LogP contribution in [-0.2, 0) is 17.4 Å². The number of allylic oxidation sites excluding steroid dienone is 4. The first kappa shape index (κ1) is 44.2. The van der Waals surface area contributed by atoms with E-state index in [0.717, 1.165) is 12.7 Å². The summed E-state index contributed by atoms with van der Waals surface area (Å²) >= 11 is 0. The van der Waals surface area contributed by atoms with Crippen LogP contribution in [0.25, 0.3) is 0 Å². The molecule has 0 saturated heterocycles. The van der Waals surface area contributed by atoms with E-state index in [0.29, 0.717) is 0 Å². The van der Waals surface area contributed by atoms with Gasteiger partial charge in [-0.15, -0.1) is 6.42 Å². The van der Waals surface area contributed by atoms with Gasteiger partial charge in [0.05, 0.1) is 7.17 Å². The van der Waals surface area contributed by atoms with Gasteiger partial charge in [0.1, 0.15) is 0 Å². The molecule has 0 unspecified atom stereocenters. The summed E-state index contributed by atoms with van der Waals surface area (Å²) in [5, 5.41) is 0. The van der Waals surface area contributed by atoms with E-state index in [1.165, 1.54) is 0 Å². The van der Waals surface area contributed by atoms with E-state index < -0.39 is 0 Å². The molecule has 4 radical (unpaired) electrons. The predicted molar refractivity (Wildman–Crippen MR) is 81.4 cm³/mol. The Hall–Kier alpha value is 0.207. The first-order valence-corrected chi connectivity index (χ1v) is 3.50. The summed E-state index contributed by atoms with van der Waals surface area (Å²) < 4.78 is 0. The predicted octanol–water partition coefficient (Wildman–Crippen LogP) is 3.39. The van der Waals surface area contributed by atoms with Gasteiger partial charge in [0, 0.05) is 14.8 Å². The monoisotopic (exact) mass is 254 g/mol. The maximum absolute atomic E-state index is 4.96. The van der Waals surface area contributed by atoms with Gasteiger partial charge in [-0.1, -0.05) is 13.2 Å². The number of hydrogen-bond donors (Lipinski definition) is 0. The van der Waals surface area contributed by atoms with Crippen LogP contribution >= 0.6 is 0 Å². The summed E-state index contributed by atoms with van der Waals surface area (Å²) in [6.07, 6.45) is 11.0. The topological polar surface area (TPSA) is 0 Å². The summed E-state index contributed by atoms with van der Waals surface area (Å²) in [5.41, 5.74) is 0. The van der Waals surface area contributed by atoms with Crippen molar-refractivity contribution in [3.05, 3.63) is 61.4 Å². The minimum absolute atomic E-state index is 0. The molecule has 0 atom stereocenters. The molecule has 0 saturated carbocycles. The largest absolute Gasteiger partial charge is 6.00 e. The van der Waals surface area contributed by atoms with Crippen molar-refractivity contribution in [1.29, 1.82) is 0 Å². The zero-order valence-electron chi connectivity index (χ0n) is 11.8. The maximum atomic E-state index is 4.96. The zero-order valence-corrected chi connectivity index (χ0v) is 13.1. The zero-order chi connectivity index (χ0) is 7.66. The van der Waals surface area contributed by atoms with Gasteiger partial charge in [0.2, 0.25) is 0 Å². The average molecular weight is 254 g/mol. The van der Waals surface area contributed by atoms with Gasteiger partial charge in [0.15, 0.2) is 0 Å². The van der Waals surface area contributed by atoms with Gasteiger partial charge >= 0.3 is 17.4 Å². The van der Waals surface area contributed by atoms with E-state index in [-0.39, 0.29) is 54.5 Å².